The van der Waals surface area contributed by atoms with Crippen LogP contribution in [0.25, 0.3) is 11.8 Å². The molecule has 1 aromatic heterocycles. The molecule has 0 radical (unpaired) electrons. The zero-order valence-corrected chi connectivity index (χ0v) is 22.4. The fourth-order valence-electron chi connectivity index (χ4n) is 8.20. The van der Waals surface area contributed by atoms with Crippen LogP contribution in [0.15, 0.2) is 66.4 Å². The second-order valence-electron chi connectivity index (χ2n) is 12.2. The van der Waals surface area contributed by atoms with Crippen molar-refractivity contribution in [2.75, 3.05) is 4.90 Å². The average Bonchev–Trinajstić information content (AvgIpc) is 3.36. The van der Waals surface area contributed by atoms with E-state index in [-0.39, 0.29) is 11.0 Å². The molecule has 5 aliphatic rings. The lowest BCUT2D eigenvalue weighted by atomic mass is 9.48. The van der Waals surface area contributed by atoms with Crippen LogP contribution in [-0.2, 0) is 15.0 Å². The molecule has 1 saturated heterocycles. The minimum atomic E-state index is -0.713. The molecule has 4 amide bonds. The Balaban J connectivity index is 1.20. The summed E-state index contributed by atoms with van der Waals surface area (Å²) in [4.78, 5) is 40.4. The molecular formula is C33H33N3O3. The van der Waals surface area contributed by atoms with Gasteiger partial charge in [-0.3, -0.25) is 14.9 Å². The molecular weight excluding hydrogens is 486 g/mol. The molecule has 39 heavy (non-hydrogen) atoms. The SMILES string of the molecule is Cc1cccc(-n2cccc2/C=C2\C(=O)NC(=O)N(c3ccc(C45CC6CC(CC(C6)C4)C5)cc3)C2=O)c1C. The van der Waals surface area contributed by atoms with Gasteiger partial charge in [-0.1, -0.05) is 24.3 Å². The molecule has 8 rings (SSSR count). The number of nitrogens with zero attached hydrogens (tertiary/aromatic N) is 2. The smallest absolute Gasteiger partial charge is 0.317 e. The third-order valence-electron chi connectivity index (χ3n) is 9.79. The van der Waals surface area contributed by atoms with Crippen molar-refractivity contribution in [3.05, 3.63) is 88.8 Å². The molecule has 6 nitrogen and oxygen atoms in total. The highest BCUT2D eigenvalue weighted by Gasteiger charge is 2.51. The molecule has 2 heterocycles. The van der Waals surface area contributed by atoms with Crippen LogP contribution < -0.4 is 10.2 Å². The Morgan fingerprint density at radius 1 is 0.846 bits per heavy atom. The summed E-state index contributed by atoms with van der Waals surface area (Å²) < 4.78 is 1.96. The van der Waals surface area contributed by atoms with Gasteiger partial charge in [-0.2, -0.15) is 0 Å². The van der Waals surface area contributed by atoms with Crippen LogP contribution in [0.3, 0.4) is 0 Å². The van der Waals surface area contributed by atoms with E-state index in [1.54, 1.807) is 6.08 Å². The first kappa shape index (κ1) is 24.1. The normalized spacial score (nSPS) is 28.9. The van der Waals surface area contributed by atoms with E-state index in [2.05, 4.69) is 30.4 Å². The van der Waals surface area contributed by atoms with E-state index in [0.29, 0.717) is 11.4 Å². The van der Waals surface area contributed by atoms with Crippen LogP contribution in [0.2, 0.25) is 0 Å². The topological polar surface area (TPSA) is 71.4 Å². The minimum Gasteiger partial charge on any atom is -0.317 e. The number of hydrogen-bond donors (Lipinski definition) is 1. The number of barbiturate groups is 1. The molecule has 0 unspecified atom stereocenters. The van der Waals surface area contributed by atoms with Crippen LogP contribution in [0, 0.1) is 31.6 Å². The Hall–Kier alpha value is -3.93. The van der Waals surface area contributed by atoms with Crippen LogP contribution in [0.5, 0.6) is 0 Å². The number of imide groups is 2. The molecule has 2 aromatic carbocycles. The maximum Gasteiger partial charge on any atom is 0.335 e. The van der Waals surface area contributed by atoms with Gasteiger partial charge in [0.15, 0.2) is 0 Å². The molecule has 6 heteroatoms. The summed E-state index contributed by atoms with van der Waals surface area (Å²) in [7, 11) is 0. The lowest BCUT2D eigenvalue weighted by Crippen LogP contribution is -2.54. The predicted molar refractivity (Wildman–Crippen MR) is 151 cm³/mol. The van der Waals surface area contributed by atoms with Gasteiger partial charge in [-0.15, -0.1) is 0 Å². The Bertz CT molecular complexity index is 1510. The highest BCUT2D eigenvalue weighted by molar-refractivity contribution is 6.39. The van der Waals surface area contributed by atoms with E-state index >= 15 is 0 Å². The fraction of sp³-hybridized carbons (Fsp3) is 0.364. The lowest BCUT2D eigenvalue weighted by Gasteiger charge is -2.57. The maximum absolute atomic E-state index is 13.6. The molecule has 4 saturated carbocycles. The molecule has 0 spiro atoms. The van der Waals surface area contributed by atoms with Crippen molar-refractivity contribution in [1.82, 2.24) is 9.88 Å². The van der Waals surface area contributed by atoms with Gasteiger partial charge in [-0.05, 0) is 129 Å². The number of aryl methyl sites for hydroxylation is 1. The second-order valence-corrected chi connectivity index (χ2v) is 12.2. The predicted octanol–water partition coefficient (Wildman–Crippen LogP) is 6.23. The molecule has 4 aliphatic carbocycles. The molecule has 1 aliphatic heterocycles. The molecule has 4 bridgehead atoms. The van der Waals surface area contributed by atoms with E-state index in [9.17, 15) is 14.4 Å². The van der Waals surface area contributed by atoms with Crippen LogP contribution in [0.4, 0.5) is 10.5 Å². The van der Waals surface area contributed by atoms with Crippen molar-refractivity contribution in [2.45, 2.75) is 57.8 Å². The van der Waals surface area contributed by atoms with Gasteiger partial charge in [0.25, 0.3) is 11.8 Å². The van der Waals surface area contributed by atoms with E-state index in [1.807, 2.05) is 54.1 Å². The Morgan fingerprint density at radius 3 is 2.18 bits per heavy atom. The van der Waals surface area contributed by atoms with Gasteiger partial charge in [0.05, 0.1) is 5.69 Å². The van der Waals surface area contributed by atoms with E-state index in [1.165, 1.54) is 44.1 Å². The number of aromatic nitrogens is 1. The van der Waals surface area contributed by atoms with Crippen molar-refractivity contribution >= 4 is 29.6 Å². The first-order valence-electron chi connectivity index (χ1n) is 14.1. The van der Waals surface area contributed by atoms with E-state index in [0.717, 1.165) is 39.5 Å². The first-order valence-corrected chi connectivity index (χ1v) is 14.1. The van der Waals surface area contributed by atoms with Gasteiger partial charge in [0.1, 0.15) is 5.57 Å². The molecule has 0 atom stereocenters. The van der Waals surface area contributed by atoms with Crippen LogP contribution in [-0.4, -0.2) is 22.4 Å². The zero-order chi connectivity index (χ0) is 26.9. The average molecular weight is 520 g/mol. The second kappa shape index (κ2) is 8.80. The molecule has 3 aromatic rings. The van der Waals surface area contributed by atoms with E-state index in [4.69, 9.17) is 0 Å². The fourth-order valence-corrected chi connectivity index (χ4v) is 8.20. The molecule has 5 fully saturated rings. The van der Waals surface area contributed by atoms with Crippen LogP contribution >= 0.6 is 0 Å². The first-order chi connectivity index (χ1) is 18.8. The van der Waals surface area contributed by atoms with Crippen molar-refractivity contribution in [3.8, 4) is 5.69 Å². The number of urea groups is 1. The number of carbonyl (C=O) groups excluding carboxylic acids is 3. The minimum absolute atomic E-state index is 0.0648. The van der Waals surface area contributed by atoms with Gasteiger partial charge >= 0.3 is 6.03 Å². The number of anilines is 1. The highest BCUT2D eigenvalue weighted by Crippen LogP contribution is 2.60. The van der Waals surface area contributed by atoms with Crippen molar-refractivity contribution in [1.29, 1.82) is 0 Å². The monoisotopic (exact) mass is 519 g/mol. The van der Waals surface area contributed by atoms with Gasteiger partial charge in [0.2, 0.25) is 0 Å². The van der Waals surface area contributed by atoms with Crippen molar-refractivity contribution < 1.29 is 14.4 Å². The largest absolute Gasteiger partial charge is 0.335 e. The van der Waals surface area contributed by atoms with Gasteiger partial charge in [0, 0.05) is 17.6 Å². The quantitative estimate of drug-likeness (QED) is 0.328. The standard InChI is InChI=1S/C33H33N3O3/c1-20-5-3-7-29(21(20)2)35-12-4-6-27(35)16-28-30(37)34-32(39)36(31(28)38)26-10-8-25(9-11-26)33-17-22-13-23(18-33)15-24(14-22)19-33/h3-12,16,22-24H,13-15,17-19H2,1-2H3,(H,34,37,39)/b28-16+. The lowest BCUT2D eigenvalue weighted by molar-refractivity contribution is -0.122. The van der Waals surface area contributed by atoms with Crippen LogP contribution in [0.1, 0.15) is 60.9 Å². The number of carbonyl (C=O) groups is 3. The summed E-state index contributed by atoms with van der Waals surface area (Å²) in [6, 6.07) is 17.0. The number of rotatable bonds is 4. The zero-order valence-electron chi connectivity index (χ0n) is 22.4. The number of nitrogens with one attached hydrogen (secondary N) is 1. The number of benzene rings is 2. The summed E-state index contributed by atoms with van der Waals surface area (Å²) in [5, 5.41) is 2.37. The summed E-state index contributed by atoms with van der Waals surface area (Å²) in [5.74, 6) is 1.23. The van der Waals surface area contributed by atoms with Gasteiger partial charge in [-0.25, -0.2) is 9.69 Å². The highest BCUT2D eigenvalue weighted by atomic mass is 16.2. The van der Waals surface area contributed by atoms with E-state index < -0.39 is 17.8 Å². The summed E-state index contributed by atoms with van der Waals surface area (Å²) in [6.45, 7) is 4.10. The van der Waals surface area contributed by atoms with Crippen molar-refractivity contribution in [2.24, 2.45) is 17.8 Å². The third-order valence-corrected chi connectivity index (χ3v) is 9.79. The summed E-state index contributed by atoms with van der Waals surface area (Å²) in [5.41, 5.74) is 5.91. The summed E-state index contributed by atoms with van der Waals surface area (Å²) >= 11 is 0. The number of hydrogen-bond acceptors (Lipinski definition) is 3. The number of amides is 4. The molecule has 1 N–H and O–H groups in total. The Morgan fingerprint density at radius 2 is 1.51 bits per heavy atom. The van der Waals surface area contributed by atoms with Gasteiger partial charge < -0.3 is 4.57 Å². The third kappa shape index (κ3) is 3.88. The van der Waals surface area contributed by atoms with Crippen molar-refractivity contribution in [3.63, 3.8) is 0 Å². The Labute approximate surface area is 228 Å². The maximum atomic E-state index is 13.6. The Kier molecular flexibility index (Phi) is 5.45. The molecule has 198 valence electrons. The summed E-state index contributed by atoms with van der Waals surface area (Å²) in [6.07, 6.45) is 11.4.